The molecule has 0 atom stereocenters. The number of rotatable bonds is 3. The summed E-state index contributed by atoms with van der Waals surface area (Å²) in [6.07, 6.45) is 3.17. The summed E-state index contributed by atoms with van der Waals surface area (Å²) < 4.78 is 5.20. The molecule has 1 aromatic carbocycles. The number of benzene rings is 1. The number of carbonyl (C=O) groups excluding carboxylic acids is 1. The van der Waals surface area contributed by atoms with Crippen molar-refractivity contribution in [2.75, 3.05) is 0 Å². The van der Waals surface area contributed by atoms with Gasteiger partial charge in [-0.3, -0.25) is 9.69 Å². The second-order valence-electron chi connectivity index (χ2n) is 4.49. The predicted molar refractivity (Wildman–Crippen MR) is 84.4 cm³/mol. The third-order valence-electron chi connectivity index (χ3n) is 3.08. The van der Waals surface area contributed by atoms with Crippen molar-refractivity contribution in [3.8, 4) is 0 Å². The van der Waals surface area contributed by atoms with E-state index in [0.717, 1.165) is 5.56 Å². The molecule has 1 aromatic heterocycles. The monoisotopic (exact) mass is 318 g/mol. The molecule has 0 spiro atoms. The maximum atomic E-state index is 12.4. The molecule has 6 heteroatoms. The standard InChI is InChI=1S/C15H11ClN2O2S/c16-12-6-2-1-4-10(12)9-18-14(19)13(17-15(18)21)8-11-5-3-7-20-11/h1-8H,9H2,(H,17,21). The molecule has 106 valence electrons. The highest BCUT2D eigenvalue weighted by atomic mass is 35.5. The fourth-order valence-electron chi connectivity index (χ4n) is 2.03. The Balaban J connectivity index is 1.83. The van der Waals surface area contributed by atoms with Crippen LogP contribution in [0.25, 0.3) is 6.08 Å². The van der Waals surface area contributed by atoms with Gasteiger partial charge in [-0.15, -0.1) is 0 Å². The molecule has 1 fully saturated rings. The molecule has 2 heterocycles. The molecule has 0 unspecified atom stereocenters. The fraction of sp³-hybridized carbons (Fsp3) is 0.0667. The highest BCUT2D eigenvalue weighted by Gasteiger charge is 2.31. The summed E-state index contributed by atoms with van der Waals surface area (Å²) in [6.45, 7) is 0.333. The SMILES string of the molecule is O=C1C(=Cc2ccco2)NC(=S)N1Cc1ccccc1Cl. The number of thiocarbonyl (C=S) groups is 1. The Bertz CT molecular complexity index is 725. The smallest absolute Gasteiger partial charge is 0.276 e. The number of halogens is 1. The van der Waals surface area contributed by atoms with Crippen LogP contribution in [0.3, 0.4) is 0 Å². The Morgan fingerprint density at radius 1 is 1.29 bits per heavy atom. The quantitative estimate of drug-likeness (QED) is 0.697. The molecule has 1 aliphatic heterocycles. The zero-order valence-corrected chi connectivity index (χ0v) is 12.4. The van der Waals surface area contributed by atoms with E-state index < -0.39 is 0 Å². The van der Waals surface area contributed by atoms with Gasteiger partial charge in [-0.25, -0.2) is 0 Å². The number of hydrogen-bond acceptors (Lipinski definition) is 3. The molecule has 0 radical (unpaired) electrons. The van der Waals surface area contributed by atoms with Gasteiger partial charge in [-0.1, -0.05) is 29.8 Å². The van der Waals surface area contributed by atoms with Crippen molar-refractivity contribution in [3.05, 3.63) is 64.7 Å². The summed E-state index contributed by atoms with van der Waals surface area (Å²) in [5, 5.41) is 3.86. The van der Waals surface area contributed by atoms with E-state index in [0.29, 0.717) is 28.1 Å². The first kappa shape index (κ1) is 13.9. The molecule has 1 aliphatic rings. The molecule has 2 aromatic rings. The van der Waals surface area contributed by atoms with Gasteiger partial charge in [0.1, 0.15) is 11.5 Å². The number of furan rings is 1. The Hall–Kier alpha value is -2.11. The minimum atomic E-state index is -0.198. The lowest BCUT2D eigenvalue weighted by Crippen LogP contribution is -2.30. The third-order valence-corrected chi connectivity index (χ3v) is 3.77. The first-order valence-corrected chi connectivity index (χ1v) is 7.05. The van der Waals surface area contributed by atoms with Crippen molar-refractivity contribution in [2.45, 2.75) is 6.54 Å². The Morgan fingerprint density at radius 2 is 2.10 bits per heavy atom. The van der Waals surface area contributed by atoms with Gasteiger partial charge in [0, 0.05) is 11.1 Å². The molecule has 4 nitrogen and oxygen atoms in total. The highest BCUT2D eigenvalue weighted by molar-refractivity contribution is 7.80. The number of amides is 1. The molecule has 0 saturated carbocycles. The zero-order valence-electron chi connectivity index (χ0n) is 10.9. The first-order chi connectivity index (χ1) is 10.1. The second-order valence-corrected chi connectivity index (χ2v) is 5.28. The molecule has 21 heavy (non-hydrogen) atoms. The lowest BCUT2D eigenvalue weighted by atomic mass is 10.2. The molecular weight excluding hydrogens is 308 g/mol. The van der Waals surface area contributed by atoms with E-state index >= 15 is 0 Å². The zero-order chi connectivity index (χ0) is 14.8. The van der Waals surface area contributed by atoms with Crippen molar-refractivity contribution in [3.63, 3.8) is 0 Å². The van der Waals surface area contributed by atoms with Crippen LogP contribution in [0.2, 0.25) is 5.02 Å². The van der Waals surface area contributed by atoms with Crippen LogP contribution in [0.5, 0.6) is 0 Å². The normalized spacial score (nSPS) is 16.6. The van der Waals surface area contributed by atoms with E-state index in [9.17, 15) is 4.79 Å². The minimum Gasteiger partial charge on any atom is -0.465 e. The molecule has 3 rings (SSSR count). The Labute approximate surface area is 132 Å². The molecular formula is C15H11ClN2O2S. The van der Waals surface area contributed by atoms with Crippen molar-refractivity contribution < 1.29 is 9.21 Å². The maximum absolute atomic E-state index is 12.4. The van der Waals surface area contributed by atoms with Crippen LogP contribution < -0.4 is 5.32 Å². The van der Waals surface area contributed by atoms with Crippen molar-refractivity contribution >= 4 is 40.9 Å². The van der Waals surface area contributed by atoms with Gasteiger partial charge >= 0.3 is 0 Å². The number of nitrogens with one attached hydrogen (secondary N) is 1. The van der Waals surface area contributed by atoms with Gasteiger partial charge in [-0.2, -0.15) is 0 Å². The second kappa shape index (κ2) is 5.71. The Morgan fingerprint density at radius 3 is 2.81 bits per heavy atom. The van der Waals surface area contributed by atoms with E-state index in [-0.39, 0.29) is 5.91 Å². The minimum absolute atomic E-state index is 0.198. The Kier molecular flexibility index (Phi) is 3.77. The third kappa shape index (κ3) is 2.84. The van der Waals surface area contributed by atoms with Gasteiger partial charge in [-0.05, 0) is 36.0 Å². The van der Waals surface area contributed by atoms with Crippen LogP contribution in [0.4, 0.5) is 0 Å². The molecule has 1 amide bonds. The molecule has 0 bridgehead atoms. The van der Waals surface area contributed by atoms with Gasteiger partial charge in [0.2, 0.25) is 0 Å². The summed E-state index contributed by atoms with van der Waals surface area (Å²) in [4.78, 5) is 13.9. The van der Waals surface area contributed by atoms with Gasteiger partial charge in [0.05, 0.1) is 12.8 Å². The fourth-order valence-corrected chi connectivity index (χ4v) is 2.48. The van der Waals surface area contributed by atoms with Crippen LogP contribution in [0.15, 0.2) is 52.8 Å². The first-order valence-electron chi connectivity index (χ1n) is 6.26. The van der Waals surface area contributed by atoms with Crippen LogP contribution in [0, 0.1) is 0 Å². The van der Waals surface area contributed by atoms with Crippen LogP contribution in [-0.2, 0) is 11.3 Å². The van der Waals surface area contributed by atoms with E-state index in [1.807, 2.05) is 18.2 Å². The maximum Gasteiger partial charge on any atom is 0.276 e. The molecule has 1 N–H and O–H groups in total. The number of nitrogens with zero attached hydrogens (tertiary/aromatic N) is 1. The lowest BCUT2D eigenvalue weighted by molar-refractivity contribution is -0.122. The van der Waals surface area contributed by atoms with Gasteiger partial charge < -0.3 is 9.73 Å². The van der Waals surface area contributed by atoms with E-state index in [2.05, 4.69) is 5.32 Å². The largest absolute Gasteiger partial charge is 0.465 e. The molecule has 1 saturated heterocycles. The summed E-state index contributed by atoms with van der Waals surface area (Å²) in [6, 6.07) is 10.9. The van der Waals surface area contributed by atoms with Gasteiger partial charge in [0.25, 0.3) is 5.91 Å². The average molecular weight is 319 g/mol. The van der Waals surface area contributed by atoms with Crippen LogP contribution in [0.1, 0.15) is 11.3 Å². The van der Waals surface area contributed by atoms with Crippen molar-refractivity contribution in [1.82, 2.24) is 10.2 Å². The van der Waals surface area contributed by atoms with E-state index in [1.54, 1.807) is 30.5 Å². The summed E-state index contributed by atoms with van der Waals surface area (Å²) >= 11 is 11.3. The summed E-state index contributed by atoms with van der Waals surface area (Å²) in [5.74, 6) is 0.393. The predicted octanol–water partition coefficient (Wildman–Crippen LogP) is 3.19. The molecule has 0 aliphatic carbocycles. The lowest BCUT2D eigenvalue weighted by Gasteiger charge is -2.14. The van der Waals surface area contributed by atoms with Crippen molar-refractivity contribution in [2.24, 2.45) is 0 Å². The summed E-state index contributed by atoms with van der Waals surface area (Å²) in [5.41, 5.74) is 1.23. The van der Waals surface area contributed by atoms with Crippen molar-refractivity contribution in [1.29, 1.82) is 0 Å². The van der Waals surface area contributed by atoms with Crippen LogP contribution in [-0.4, -0.2) is 15.9 Å². The van der Waals surface area contributed by atoms with E-state index in [4.69, 9.17) is 28.2 Å². The number of carbonyl (C=O) groups is 1. The average Bonchev–Trinajstić information content (AvgIpc) is 3.05. The number of hydrogen-bond donors (Lipinski definition) is 1. The topological polar surface area (TPSA) is 45.5 Å². The van der Waals surface area contributed by atoms with Gasteiger partial charge in [0.15, 0.2) is 5.11 Å². The highest BCUT2D eigenvalue weighted by Crippen LogP contribution is 2.21. The summed E-state index contributed by atoms with van der Waals surface area (Å²) in [7, 11) is 0. The van der Waals surface area contributed by atoms with E-state index in [1.165, 1.54) is 4.90 Å². The van der Waals surface area contributed by atoms with Crippen LogP contribution >= 0.6 is 23.8 Å².